The van der Waals surface area contributed by atoms with Crippen LogP contribution in [0.1, 0.15) is 11.4 Å². The number of pyridine rings is 1. The molecule has 1 aromatic rings. The molecule has 0 aromatic carbocycles. The number of aromatic hydroxyl groups is 1. The second-order valence-corrected chi connectivity index (χ2v) is 3.81. The van der Waals surface area contributed by atoms with Gasteiger partial charge in [-0.15, -0.1) is 0 Å². The zero-order chi connectivity index (χ0) is 10.7. The van der Waals surface area contributed by atoms with Gasteiger partial charge >= 0.3 is 0 Å². The quantitative estimate of drug-likeness (QED) is 0.785. The first-order valence-corrected chi connectivity index (χ1v) is 5.21. The number of ether oxygens (including phenoxy) is 1. The van der Waals surface area contributed by atoms with Crippen LogP contribution >= 0.6 is 0 Å². The van der Waals surface area contributed by atoms with Crippen molar-refractivity contribution in [3.05, 3.63) is 23.5 Å². The van der Waals surface area contributed by atoms with Crippen molar-refractivity contribution in [1.29, 1.82) is 0 Å². The molecule has 0 atom stereocenters. The van der Waals surface area contributed by atoms with E-state index in [4.69, 9.17) is 4.74 Å². The number of hydrogen-bond donors (Lipinski definition) is 1. The summed E-state index contributed by atoms with van der Waals surface area (Å²) in [6, 6.07) is 3.52. The Morgan fingerprint density at radius 3 is 2.87 bits per heavy atom. The number of aryl methyl sites for hydroxylation is 1. The number of nitrogens with zero attached hydrogens (tertiary/aromatic N) is 2. The van der Waals surface area contributed by atoms with Crippen LogP contribution in [0.4, 0.5) is 0 Å². The number of aromatic nitrogens is 1. The highest BCUT2D eigenvalue weighted by Gasteiger charge is 2.13. The monoisotopic (exact) mass is 208 g/mol. The van der Waals surface area contributed by atoms with E-state index in [0.29, 0.717) is 6.54 Å². The Hall–Kier alpha value is -1.13. The van der Waals surface area contributed by atoms with E-state index in [0.717, 1.165) is 37.7 Å². The zero-order valence-electron chi connectivity index (χ0n) is 8.94. The highest BCUT2D eigenvalue weighted by Crippen LogP contribution is 2.17. The molecule has 0 unspecified atom stereocenters. The zero-order valence-corrected chi connectivity index (χ0v) is 8.94. The van der Waals surface area contributed by atoms with E-state index in [2.05, 4.69) is 9.88 Å². The minimum absolute atomic E-state index is 0.284. The van der Waals surface area contributed by atoms with Gasteiger partial charge in [-0.1, -0.05) is 0 Å². The minimum Gasteiger partial charge on any atom is -0.506 e. The van der Waals surface area contributed by atoms with E-state index in [-0.39, 0.29) is 5.75 Å². The van der Waals surface area contributed by atoms with Gasteiger partial charge in [0.15, 0.2) is 0 Å². The highest BCUT2D eigenvalue weighted by molar-refractivity contribution is 5.27. The van der Waals surface area contributed by atoms with Gasteiger partial charge in [-0.3, -0.25) is 9.88 Å². The Balaban J connectivity index is 2.05. The van der Waals surface area contributed by atoms with Gasteiger partial charge in [0.2, 0.25) is 0 Å². The van der Waals surface area contributed by atoms with E-state index < -0.39 is 0 Å². The van der Waals surface area contributed by atoms with Crippen molar-refractivity contribution in [3.63, 3.8) is 0 Å². The molecule has 4 nitrogen and oxygen atoms in total. The van der Waals surface area contributed by atoms with E-state index >= 15 is 0 Å². The Morgan fingerprint density at radius 1 is 1.40 bits per heavy atom. The van der Waals surface area contributed by atoms with Crippen molar-refractivity contribution in [1.82, 2.24) is 9.88 Å². The van der Waals surface area contributed by atoms with Crippen LogP contribution in [-0.2, 0) is 11.3 Å². The van der Waals surface area contributed by atoms with Crippen LogP contribution < -0.4 is 0 Å². The predicted molar refractivity (Wildman–Crippen MR) is 56.7 cm³/mol. The molecule has 4 heteroatoms. The summed E-state index contributed by atoms with van der Waals surface area (Å²) in [5.74, 6) is 0.284. The molecule has 1 aliphatic heterocycles. The highest BCUT2D eigenvalue weighted by atomic mass is 16.5. The lowest BCUT2D eigenvalue weighted by Gasteiger charge is -2.26. The maximum atomic E-state index is 9.65. The molecule has 0 aliphatic carbocycles. The molecular formula is C11H16N2O2. The second kappa shape index (κ2) is 4.59. The molecule has 0 bridgehead atoms. The molecule has 2 heterocycles. The summed E-state index contributed by atoms with van der Waals surface area (Å²) in [6.45, 7) is 6.00. The Bertz CT molecular complexity index is 335. The molecule has 1 fully saturated rings. The molecule has 0 amide bonds. The first kappa shape index (κ1) is 10.4. The third-order valence-corrected chi connectivity index (χ3v) is 2.57. The molecule has 1 aromatic heterocycles. The summed E-state index contributed by atoms with van der Waals surface area (Å²) in [5, 5.41) is 9.65. The van der Waals surface area contributed by atoms with Crippen LogP contribution in [0.5, 0.6) is 5.75 Å². The molecule has 0 radical (unpaired) electrons. The molecule has 1 saturated heterocycles. The fourth-order valence-corrected chi connectivity index (χ4v) is 1.69. The van der Waals surface area contributed by atoms with Gasteiger partial charge in [0.25, 0.3) is 0 Å². The average molecular weight is 208 g/mol. The van der Waals surface area contributed by atoms with E-state index in [1.807, 2.05) is 13.0 Å². The maximum absolute atomic E-state index is 9.65. The molecular weight excluding hydrogens is 192 g/mol. The van der Waals surface area contributed by atoms with Gasteiger partial charge < -0.3 is 9.84 Å². The largest absolute Gasteiger partial charge is 0.506 e. The van der Waals surface area contributed by atoms with Gasteiger partial charge in [0.1, 0.15) is 5.75 Å². The smallest absolute Gasteiger partial charge is 0.138 e. The molecule has 2 rings (SSSR count). The van der Waals surface area contributed by atoms with Crippen molar-refractivity contribution in [2.45, 2.75) is 13.5 Å². The molecule has 15 heavy (non-hydrogen) atoms. The van der Waals surface area contributed by atoms with Gasteiger partial charge in [-0.05, 0) is 19.1 Å². The molecule has 82 valence electrons. The maximum Gasteiger partial charge on any atom is 0.138 e. The van der Waals surface area contributed by atoms with E-state index in [1.54, 1.807) is 6.07 Å². The van der Waals surface area contributed by atoms with Crippen molar-refractivity contribution in [3.8, 4) is 5.75 Å². The predicted octanol–water partition coefficient (Wildman–Crippen LogP) is 0.928. The van der Waals surface area contributed by atoms with Gasteiger partial charge in [0.05, 0.1) is 18.9 Å². The number of rotatable bonds is 2. The van der Waals surface area contributed by atoms with Crippen LogP contribution in [0.25, 0.3) is 0 Å². The first-order chi connectivity index (χ1) is 7.25. The summed E-state index contributed by atoms with van der Waals surface area (Å²) in [6.07, 6.45) is 0. The summed E-state index contributed by atoms with van der Waals surface area (Å²) < 4.78 is 5.27. The Kier molecular flexibility index (Phi) is 3.18. The molecule has 1 aliphatic rings. The van der Waals surface area contributed by atoms with E-state index in [1.165, 1.54) is 0 Å². The number of morpholine rings is 1. The van der Waals surface area contributed by atoms with E-state index in [9.17, 15) is 5.11 Å². The lowest BCUT2D eigenvalue weighted by atomic mass is 10.2. The van der Waals surface area contributed by atoms with Crippen molar-refractivity contribution < 1.29 is 9.84 Å². The van der Waals surface area contributed by atoms with Gasteiger partial charge in [-0.25, -0.2) is 0 Å². The fourth-order valence-electron chi connectivity index (χ4n) is 1.69. The Morgan fingerprint density at radius 2 is 2.13 bits per heavy atom. The SMILES string of the molecule is Cc1ccc(O)c(CN2CCOCC2)n1. The normalized spacial score (nSPS) is 17.9. The van der Waals surface area contributed by atoms with Gasteiger partial charge in [0, 0.05) is 25.3 Å². The minimum atomic E-state index is 0.284. The lowest BCUT2D eigenvalue weighted by Crippen LogP contribution is -2.35. The molecule has 0 spiro atoms. The number of hydrogen-bond acceptors (Lipinski definition) is 4. The second-order valence-electron chi connectivity index (χ2n) is 3.81. The summed E-state index contributed by atoms with van der Waals surface area (Å²) >= 11 is 0. The molecule has 0 saturated carbocycles. The van der Waals surface area contributed by atoms with Crippen molar-refractivity contribution >= 4 is 0 Å². The van der Waals surface area contributed by atoms with Crippen molar-refractivity contribution in [2.75, 3.05) is 26.3 Å². The lowest BCUT2D eigenvalue weighted by molar-refractivity contribution is 0.0333. The van der Waals surface area contributed by atoms with Gasteiger partial charge in [-0.2, -0.15) is 0 Å². The topological polar surface area (TPSA) is 45.6 Å². The van der Waals surface area contributed by atoms with Crippen LogP contribution in [0, 0.1) is 6.92 Å². The third kappa shape index (κ3) is 2.67. The summed E-state index contributed by atoms with van der Waals surface area (Å²) in [4.78, 5) is 6.58. The Labute approximate surface area is 89.5 Å². The van der Waals surface area contributed by atoms with Crippen LogP contribution in [-0.4, -0.2) is 41.3 Å². The fraction of sp³-hybridized carbons (Fsp3) is 0.545. The summed E-state index contributed by atoms with van der Waals surface area (Å²) in [5.41, 5.74) is 1.70. The van der Waals surface area contributed by atoms with Crippen molar-refractivity contribution in [2.24, 2.45) is 0 Å². The van der Waals surface area contributed by atoms with Crippen LogP contribution in [0.3, 0.4) is 0 Å². The van der Waals surface area contributed by atoms with Crippen LogP contribution in [0.2, 0.25) is 0 Å². The average Bonchev–Trinajstić information content (AvgIpc) is 2.25. The summed E-state index contributed by atoms with van der Waals surface area (Å²) in [7, 11) is 0. The third-order valence-electron chi connectivity index (χ3n) is 2.57. The van der Waals surface area contributed by atoms with Crippen LogP contribution in [0.15, 0.2) is 12.1 Å². The first-order valence-electron chi connectivity index (χ1n) is 5.21. The standard InChI is InChI=1S/C11H16N2O2/c1-9-2-3-11(14)10(12-9)8-13-4-6-15-7-5-13/h2-3,14H,4-8H2,1H3. The molecule has 1 N–H and O–H groups in total.